The van der Waals surface area contributed by atoms with Gasteiger partial charge in [-0.1, -0.05) is 23.9 Å². The highest BCUT2D eigenvalue weighted by Crippen LogP contribution is 2.30. The van der Waals surface area contributed by atoms with E-state index >= 15 is 0 Å². The molecule has 25 heavy (non-hydrogen) atoms. The third-order valence-electron chi connectivity index (χ3n) is 3.71. The zero-order chi connectivity index (χ0) is 18.0. The molecule has 2 heterocycles. The molecule has 0 saturated heterocycles. The predicted molar refractivity (Wildman–Crippen MR) is 100 cm³/mol. The first-order chi connectivity index (χ1) is 11.9. The van der Waals surface area contributed by atoms with E-state index in [1.165, 1.54) is 23.1 Å². The van der Waals surface area contributed by atoms with Gasteiger partial charge in [0, 0.05) is 5.69 Å². The SMILES string of the molecule is Cc1nc(C)c(-c2nnc(SCC(=O)Nc3cccc(C)c3C)o2)s1. The minimum absolute atomic E-state index is 0.108. The molecule has 1 amide bonds. The molecule has 0 saturated carbocycles. The van der Waals surface area contributed by atoms with Crippen LogP contribution in [0.3, 0.4) is 0 Å². The Morgan fingerprint density at radius 2 is 2.04 bits per heavy atom. The number of carbonyl (C=O) groups is 1. The zero-order valence-electron chi connectivity index (χ0n) is 14.4. The molecule has 3 aromatic rings. The number of nitrogens with zero attached hydrogens (tertiary/aromatic N) is 3. The molecule has 0 fully saturated rings. The van der Waals surface area contributed by atoms with Gasteiger partial charge in [0.25, 0.3) is 11.1 Å². The fourth-order valence-electron chi connectivity index (χ4n) is 2.29. The van der Waals surface area contributed by atoms with Crippen molar-refractivity contribution in [2.24, 2.45) is 0 Å². The maximum atomic E-state index is 12.2. The minimum atomic E-state index is -0.108. The second-order valence-electron chi connectivity index (χ2n) is 5.60. The number of thiazole rings is 1. The van der Waals surface area contributed by atoms with Crippen molar-refractivity contribution in [1.29, 1.82) is 0 Å². The number of amides is 1. The number of carbonyl (C=O) groups excluding carboxylic acids is 1. The number of hydrogen-bond acceptors (Lipinski definition) is 7. The van der Waals surface area contributed by atoms with Crippen molar-refractivity contribution in [2.45, 2.75) is 32.9 Å². The molecular weight excluding hydrogens is 356 g/mol. The van der Waals surface area contributed by atoms with Crippen molar-refractivity contribution in [3.8, 4) is 10.8 Å². The lowest BCUT2D eigenvalue weighted by Crippen LogP contribution is -2.15. The van der Waals surface area contributed by atoms with E-state index < -0.39 is 0 Å². The van der Waals surface area contributed by atoms with Gasteiger partial charge in [0.05, 0.1) is 16.5 Å². The molecule has 0 unspecified atom stereocenters. The fraction of sp³-hybridized carbons (Fsp3) is 0.294. The van der Waals surface area contributed by atoms with Gasteiger partial charge in [-0.25, -0.2) is 4.98 Å². The molecule has 1 aromatic carbocycles. The number of nitrogens with one attached hydrogen (secondary N) is 1. The average molecular weight is 374 g/mol. The van der Waals surface area contributed by atoms with Crippen LogP contribution in [0.5, 0.6) is 0 Å². The lowest BCUT2D eigenvalue weighted by molar-refractivity contribution is -0.113. The summed E-state index contributed by atoms with van der Waals surface area (Å²) in [5.41, 5.74) is 3.90. The standard InChI is InChI=1S/C17H18N4O2S2/c1-9-6-5-7-13(10(9)2)19-14(22)8-24-17-21-20-16(23-17)15-11(3)18-12(4)25-15/h5-7H,8H2,1-4H3,(H,19,22). The Balaban J connectivity index is 1.61. The number of anilines is 1. The van der Waals surface area contributed by atoms with Crippen LogP contribution in [0.1, 0.15) is 21.8 Å². The summed E-state index contributed by atoms with van der Waals surface area (Å²) < 4.78 is 5.64. The van der Waals surface area contributed by atoms with Gasteiger partial charge in [0.2, 0.25) is 5.91 Å². The van der Waals surface area contributed by atoms with Crippen LogP contribution in [0.4, 0.5) is 5.69 Å². The quantitative estimate of drug-likeness (QED) is 0.676. The van der Waals surface area contributed by atoms with Crippen LogP contribution in [0, 0.1) is 27.7 Å². The molecule has 0 radical (unpaired) electrons. The van der Waals surface area contributed by atoms with Gasteiger partial charge in [-0.15, -0.1) is 21.5 Å². The van der Waals surface area contributed by atoms with Crippen LogP contribution in [0.25, 0.3) is 10.8 Å². The molecule has 6 nitrogen and oxygen atoms in total. The molecule has 8 heteroatoms. The van der Waals surface area contributed by atoms with Crippen molar-refractivity contribution < 1.29 is 9.21 Å². The summed E-state index contributed by atoms with van der Waals surface area (Å²) in [6.07, 6.45) is 0. The molecule has 0 aliphatic rings. The van der Waals surface area contributed by atoms with Crippen LogP contribution < -0.4 is 5.32 Å². The second kappa shape index (κ2) is 7.37. The molecule has 130 valence electrons. The van der Waals surface area contributed by atoms with Gasteiger partial charge >= 0.3 is 0 Å². The van der Waals surface area contributed by atoms with Gasteiger partial charge in [0.1, 0.15) is 4.88 Å². The highest BCUT2D eigenvalue weighted by molar-refractivity contribution is 7.99. The molecule has 3 rings (SSSR count). The number of benzene rings is 1. The lowest BCUT2D eigenvalue weighted by atomic mass is 10.1. The van der Waals surface area contributed by atoms with Crippen molar-refractivity contribution >= 4 is 34.7 Å². The third kappa shape index (κ3) is 4.08. The Morgan fingerprint density at radius 3 is 2.76 bits per heavy atom. The molecule has 0 aliphatic heterocycles. The van der Waals surface area contributed by atoms with E-state index in [4.69, 9.17) is 4.42 Å². The highest BCUT2D eigenvalue weighted by Gasteiger charge is 2.16. The zero-order valence-corrected chi connectivity index (χ0v) is 16.0. The molecular formula is C17H18N4O2S2. The topological polar surface area (TPSA) is 80.9 Å². The number of thioether (sulfide) groups is 1. The minimum Gasteiger partial charge on any atom is -0.410 e. The Bertz CT molecular complexity index is 917. The summed E-state index contributed by atoms with van der Waals surface area (Å²) in [5.74, 6) is 0.541. The molecule has 0 atom stereocenters. The van der Waals surface area contributed by atoms with Gasteiger partial charge in [-0.3, -0.25) is 4.79 Å². The van der Waals surface area contributed by atoms with Crippen LogP contribution in [0.2, 0.25) is 0 Å². The predicted octanol–water partition coefficient (Wildman–Crippen LogP) is 4.16. The number of aryl methyl sites for hydroxylation is 3. The highest BCUT2D eigenvalue weighted by atomic mass is 32.2. The molecule has 1 N–H and O–H groups in total. The maximum absolute atomic E-state index is 12.2. The van der Waals surface area contributed by atoms with Crippen LogP contribution in [-0.2, 0) is 4.79 Å². The first-order valence-electron chi connectivity index (χ1n) is 7.71. The van der Waals surface area contributed by atoms with E-state index in [0.29, 0.717) is 11.1 Å². The number of hydrogen-bond donors (Lipinski definition) is 1. The van der Waals surface area contributed by atoms with Crippen molar-refractivity contribution in [3.05, 3.63) is 40.0 Å². The first kappa shape index (κ1) is 17.6. The van der Waals surface area contributed by atoms with Crippen LogP contribution in [0.15, 0.2) is 27.8 Å². The van der Waals surface area contributed by atoms with Gasteiger partial charge in [-0.05, 0) is 44.9 Å². The Hall–Kier alpha value is -2.19. The summed E-state index contributed by atoms with van der Waals surface area (Å²) >= 11 is 2.73. The average Bonchev–Trinajstić information content (AvgIpc) is 3.16. The Morgan fingerprint density at radius 1 is 1.24 bits per heavy atom. The van der Waals surface area contributed by atoms with E-state index in [2.05, 4.69) is 20.5 Å². The largest absolute Gasteiger partial charge is 0.410 e. The van der Waals surface area contributed by atoms with Crippen LogP contribution >= 0.6 is 23.1 Å². The van der Waals surface area contributed by atoms with E-state index in [1.807, 2.05) is 45.9 Å². The van der Waals surface area contributed by atoms with Crippen molar-refractivity contribution in [1.82, 2.24) is 15.2 Å². The smallest absolute Gasteiger partial charge is 0.277 e. The monoisotopic (exact) mass is 374 g/mol. The van der Waals surface area contributed by atoms with E-state index in [-0.39, 0.29) is 11.7 Å². The van der Waals surface area contributed by atoms with E-state index in [9.17, 15) is 4.79 Å². The maximum Gasteiger partial charge on any atom is 0.277 e. The molecule has 2 aromatic heterocycles. The summed E-state index contributed by atoms with van der Waals surface area (Å²) in [6.45, 7) is 7.85. The molecule has 0 aliphatic carbocycles. The number of rotatable bonds is 5. The normalized spacial score (nSPS) is 10.9. The third-order valence-corrected chi connectivity index (χ3v) is 5.59. The molecule has 0 spiro atoms. The summed E-state index contributed by atoms with van der Waals surface area (Å²) in [7, 11) is 0. The second-order valence-corrected chi connectivity index (χ2v) is 7.73. The van der Waals surface area contributed by atoms with Gasteiger partial charge in [0.15, 0.2) is 0 Å². The first-order valence-corrected chi connectivity index (χ1v) is 9.51. The van der Waals surface area contributed by atoms with E-state index in [0.717, 1.165) is 32.4 Å². The Kier molecular flexibility index (Phi) is 5.19. The van der Waals surface area contributed by atoms with Crippen molar-refractivity contribution in [2.75, 3.05) is 11.1 Å². The van der Waals surface area contributed by atoms with E-state index in [1.54, 1.807) is 0 Å². The Labute approximate surface area is 154 Å². The van der Waals surface area contributed by atoms with Crippen LogP contribution in [-0.4, -0.2) is 26.8 Å². The summed E-state index contributed by atoms with van der Waals surface area (Å²) in [4.78, 5) is 17.4. The van der Waals surface area contributed by atoms with Gasteiger partial charge < -0.3 is 9.73 Å². The fourth-order valence-corrected chi connectivity index (χ4v) is 3.69. The lowest BCUT2D eigenvalue weighted by Gasteiger charge is -2.09. The summed E-state index contributed by atoms with van der Waals surface area (Å²) in [6, 6.07) is 5.84. The molecule has 0 bridgehead atoms. The summed E-state index contributed by atoms with van der Waals surface area (Å²) in [5, 5.41) is 12.3. The van der Waals surface area contributed by atoms with Gasteiger partial charge in [-0.2, -0.15) is 0 Å². The van der Waals surface area contributed by atoms with Crippen molar-refractivity contribution in [3.63, 3.8) is 0 Å². The number of aromatic nitrogens is 3.